The van der Waals surface area contributed by atoms with Gasteiger partial charge in [-0.25, -0.2) is 0 Å². The molecule has 2 heteroatoms. The highest BCUT2D eigenvalue weighted by Crippen LogP contribution is 2.17. The number of piperidine rings is 1. The molecule has 2 atom stereocenters. The van der Waals surface area contributed by atoms with Gasteiger partial charge in [-0.1, -0.05) is 6.92 Å². The van der Waals surface area contributed by atoms with Crippen molar-refractivity contribution < 1.29 is 0 Å². The first kappa shape index (κ1) is 9.47. The molecule has 0 aromatic rings. The lowest BCUT2D eigenvalue weighted by atomic mass is 10.00. The largest absolute Gasteiger partial charge is 0.313 e. The molecule has 0 spiro atoms. The van der Waals surface area contributed by atoms with Crippen LogP contribution in [0.3, 0.4) is 0 Å². The maximum Gasteiger partial charge on any atom is 0.0195 e. The topological polar surface area (TPSA) is 15.3 Å². The second kappa shape index (κ2) is 4.43. The first-order valence-corrected chi connectivity index (χ1v) is 5.80. The van der Waals surface area contributed by atoms with Crippen molar-refractivity contribution in [2.75, 3.05) is 26.2 Å². The van der Waals surface area contributed by atoms with Crippen molar-refractivity contribution in [1.29, 1.82) is 0 Å². The minimum absolute atomic E-state index is 0.797. The van der Waals surface area contributed by atoms with Crippen molar-refractivity contribution in [1.82, 2.24) is 10.2 Å². The molecule has 13 heavy (non-hydrogen) atoms. The summed E-state index contributed by atoms with van der Waals surface area (Å²) in [6.07, 6.45) is 5.63. The fraction of sp³-hybridized carbons (Fsp3) is 1.00. The third-order valence-corrected chi connectivity index (χ3v) is 3.38. The summed E-state index contributed by atoms with van der Waals surface area (Å²) in [6.45, 7) is 7.59. The van der Waals surface area contributed by atoms with Crippen LogP contribution in [0.1, 0.15) is 32.6 Å². The van der Waals surface area contributed by atoms with E-state index in [2.05, 4.69) is 17.1 Å². The SMILES string of the molecule is C[C@H]1CCCN(C[C@H]2CCCN2)C1. The average molecular weight is 182 g/mol. The van der Waals surface area contributed by atoms with Gasteiger partial charge in [-0.2, -0.15) is 0 Å². The Morgan fingerprint density at radius 2 is 2.23 bits per heavy atom. The van der Waals surface area contributed by atoms with Gasteiger partial charge >= 0.3 is 0 Å². The number of nitrogens with zero attached hydrogens (tertiary/aromatic N) is 1. The third-order valence-electron chi connectivity index (χ3n) is 3.38. The average Bonchev–Trinajstić information content (AvgIpc) is 2.57. The second-order valence-corrected chi connectivity index (χ2v) is 4.80. The molecule has 0 saturated carbocycles. The standard InChI is InChI=1S/C11H22N2/c1-10-4-3-7-13(8-10)9-11-5-2-6-12-11/h10-12H,2-9H2,1H3/t10-,11+/m0/s1. The normalized spacial score (nSPS) is 36.7. The summed E-state index contributed by atoms with van der Waals surface area (Å²) in [5.41, 5.74) is 0. The molecule has 2 aliphatic rings. The van der Waals surface area contributed by atoms with Crippen LogP contribution in [-0.2, 0) is 0 Å². The van der Waals surface area contributed by atoms with Crippen molar-refractivity contribution in [3.63, 3.8) is 0 Å². The molecule has 0 amide bonds. The van der Waals surface area contributed by atoms with Gasteiger partial charge in [-0.05, 0) is 44.7 Å². The Balaban J connectivity index is 1.73. The first-order chi connectivity index (χ1) is 6.34. The van der Waals surface area contributed by atoms with Gasteiger partial charge in [0.2, 0.25) is 0 Å². The summed E-state index contributed by atoms with van der Waals surface area (Å²) >= 11 is 0. The summed E-state index contributed by atoms with van der Waals surface area (Å²) in [4.78, 5) is 2.65. The highest BCUT2D eigenvalue weighted by atomic mass is 15.2. The van der Waals surface area contributed by atoms with E-state index in [0.29, 0.717) is 0 Å². The Morgan fingerprint density at radius 3 is 2.92 bits per heavy atom. The molecule has 2 fully saturated rings. The molecule has 0 unspecified atom stereocenters. The maximum absolute atomic E-state index is 3.58. The molecule has 0 aromatic heterocycles. The molecule has 2 saturated heterocycles. The lowest BCUT2D eigenvalue weighted by molar-refractivity contribution is 0.170. The van der Waals surface area contributed by atoms with Gasteiger partial charge < -0.3 is 10.2 Å². The van der Waals surface area contributed by atoms with Gasteiger partial charge in [0.05, 0.1) is 0 Å². The fourth-order valence-corrected chi connectivity index (χ4v) is 2.68. The number of likely N-dealkylation sites (tertiary alicyclic amines) is 1. The molecule has 0 aliphatic carbocycles. The van der Waals surface area contributed by atoms with E-state index in [1.54, 1.807) is 0 Å². The monoisotopic (exact) mass is 182 g/mol. The summed E-state index contributed by atoms with van der Waals surface area (Å²) in [5.74, 6) is 0.926. The van der Waals surface area contributed by atoms with Crippen molar-refractivity contribution in [3.05, 3.63) is 0 Å². The van der Waals surface area contributed by atoms with Gasteiger partial charge in [0.25, 0.3) is 0 Å². The van der Waals surface area contributed by atoms with E-state index in [1.807, 2.05) is 0 Å². The van der Waals surface area contributed by atoms with E-state index in [1.165, 1.54) is 51.9 Å². The molecule has 0 radical (unpaired) electrons. The summed E-state index contributed by atoms with van der Waals surface area (Å²) in [7, 11) is 0. The van der Waals surface area contributed by atoms with Crippen molar-refractivity contribution >= 4 is 0 Å². The second-order valence-electron chi connectivity index (χ2n) is 4.80. The Kier molecular flexibility index (Phi) is 3.23. The van der Waals surface area contributed by atoms with Crippen molar-refractivity contribution in [2.24, 2.45) is 5.92 Å². The van der Waals surface area contributed by atoms with E-state index >= 15 is 0 Å². The van der Waals surface area contributed by atoms with Crippen LogP contribution < -0.4 is 5.32 Å². The Labute approximate surface area is 81.7 Å². The molecule has 0 aromatic carbocycles. The molecule has 76 valence electrons. The lowest BCUT2D eigenvalue weighted by Gasteiger charge is -2.32. The molecule has 0 bridgehead atoms. The quantitative estimate of drug-likeness (QED) is 0.695. The molecule has 1 N–H and O–H groups in total. The first-order valence-electron chi connectivity index (χ1n) is 5.80. The van der Waals surface area contributed by atoms with Crippen LogP contribution in [0.25, 0.3) is 0 Å². The van der Waals surface area contributed by atoms with E-state index in [0.717, 1.165) is 12.0 Å². The molecule has 2 heterocycles. The minimum Gasteiger partial charge on any atom is -0.313 e. The highest BCUT2D eigenvalue weighted by Gasteiger charge is 2.21. The van der Waals surface area contributed by atoms with Crippen LogP contribution in [0, 0.1) is 5.92 Å². The summed E-state index contributed by atoms with van der Waals surface area (Å²) in [5, 5.41) is 3.58. The molecular weight excluding hydrogens is 160 g/mol. The zero-order chi connectivity index (χ0) is 9.10. The van der Waals surface area contributed by atoms with Gasteiger partial charge in [0.1, 0.15) is 0 Å². The predicted molar refractivity (Wildman–Crippen MR) is 55.9 cm³/mol. The molecule has 2 nitrogen and oxygen atoms in total. The maximum atomic E-state index is 3.58. The zero-order valence-corrected chi connectivity index (χ0v) is 8.76. The van der Waals surface area contributed by atoms with Crippen LogP contribution in [0.5, 0.6) is 0 Å². The Morgan fingerprint density at radius 1 is 1.31 bits per heavy atom. The van der Waals surface area contributed by atoms with Crippen molar-refractivity contribution in [2.45, 2.75) is 38.6 Å². The fourth-order valence-electron chi connectivity index (χ4n) is 2.68. The van der Waals surface area contributed by atoms with Gasteiger partial charge in [0, 0.05) is 19.1 Å². The highest BCUT2D eigenvalue weighted by molar-refractivity contribution is 4.80. The smallest absolute Gasteiger partial charge is 0.0195 e. The lowest BCUT2D eigenvalue weighted by Crippen LogP contribution is -2.42. The molecule has 2 aliphatic heterocycles. The van der Waals surface area contributed by atoms with Gasteiger partial charge in [-0.15, -0.1) is 0 Å². The predicted octanol–water partition coefficient (Wildman–Crippen LogP) is 1.47. The number of hydrogen-bond donors (Lipinski definition) is 1. The summed E-state index contributed by atoms with van der Waals surface area (Å²) in [6, 6.07) is 0.797. The van der Waals surface area contributed by atoms with E-state index < -0.39 is 0 Å². The Hall–Kier alpha value is -0.0800. The third kappa shape index (κ3) is 2.68. The Bertz CT molecular complexity index is 152. The van der Waals surface area contributed by atoms with E-state index in [-0.39, 0.29) is 0 Å². The van der Waals surface area contributed by atoms with Gasteiger partial charge in [0.15, 0.2) is 0 Å². The van der Waals surface area contributed by atoms with Crippen LogP contribution >= 0.6 is 0 Å². The van der Waals surface area contributed by atoms with Crippen LogP contribution in [0.2, 0.25) is 0 Å². The molecular formula is C11H22N2. The van der Waals surface area contributed by atoms with E-state index in [9.17, 15) is 0 Å². The molecule has 2 rings (SSSR count). The van der Waals surface area contributed by atoms with Crippen LogP contribution in [-0.4, -0.2) is 37.1 Å². The van der Waals surface area contributed by atoms with Crippen molar-refractivity contribution in [3.8, 4) is 0 Å². The van der Waals surface area contributed by atoms with Gasteiger partial charge in [-0.3, -0.25) is 0 Å². The number of rotatable bonds is 2. The minimum atomic E-state index is 0.797. The van der Waals surface area contributed by atoms with Crippen LogP contribution in [0.15, 0.2) is 0 Å². The number of nitrogens with one attached hydrogen (secondary N) is 1. The summed E-state index contributed by atoms with van der Waals surface area (Å²) < 4.78 is 0. The zero-order valence-electron chi connectivity index (χ0n) is 8.76. The van der Waals surface area contributed by atoms with Crippen LogP contribution in [0.4, 0.5) is 0 Å². The number of hydrogen-bond acceptors (Lipinski definition) is 2. The van der Waals surface area contributed by atoms with E-state index in [4.69, 9.17) is 0 Å².